The van der Waals surface area contributed by atoms with Crippen LogP contribution in [-0.2, 0) is 29.0 Å². The van der Waals surface area contributed by atoms with Crippen LogP contribution in [-0.4, -0.2) is 40.1 Å². The van der Waals surface area contributed by atoms with E-state index < -0.39 is 0 Å². The standard InChI is InChI=1S/C22H26N4O2S/c1-17-8-6-7-11-19(17)15-23-21(27)16-29-22-25-24-20(26(22)12-13-28-2)14-18-9-4-3-5-10-18/h3-11H,12-16H2,1-2H3,(H,23,27). The molecule has 0 saturated heterocycles. The van der Waals surface area contributed by atoms with E-state index in [1.54, 1.807) is 7.11 Å². The normalized spacial score (nSPS) is 10.8. The van der Waals surface area contributed by atoms with Crippen molar-refractivity contribution in [3.8, 4) is 0 Å². The summed E-state index contributed by atoms with van der Waals surface area (Å²) in [5, 5.41) is 12.4. The highest BCUT2D eigenvalue weighted by Gasteiger charge is 2.14. The Morgan fingerprint density at radius 2 is 1.86 bits per heavy atom. The average Bonchev–Trinajstić information content (AvgIpc) is 3.12. The second-order valence-electron chi connectivity index (χ2n) is 6.70. The molecular weight excluding hydrogens is 384 g/mol. The number of nitrogens with zero attached hydrogens (tertiary/aromatic N) is 3. The number of rotatable bonds is 10. The van der Waals surface area contributed by atoms with Gasteiger partial charge in [-0.3, -0.25) is 4.79 Å². The molecule has 1 N–H and O–H groups in total. The van der Waals surface area contributed by atoms with E-state index in [4.69, 9.17) is 4.74 Å². The largest absolute Gasteiger partial charge is 0.383 e. The number of carbonyl (C=O) groups is 1. The molecule has 0 saturated carbocycles. The molecular formula is C22H26N4O2S. The molecule has 0 fully saturated rings. The molecule has 0 spiro atoms. The highest BCUT2D eigenvalue weighted by atomic mass is 32.2. The van der Waals surface area contributed by atoms with Crippen LogP contribution in [0, 0.1) is 6.92 Å². The van der Waals surface area contributed by atoms with Gasteiger partial charge in [-0.15, -0.1) is 10.2 Å². The first-order valence-corrected chi connectivity index (χ1v) is 10.5. The second kappa shape index (κ2) is 10.8. The molecule has 2 aromatic carbocycles. The molecule has 0 atom stereocenters. The van der Waals surface area contributed by atoms with E-state index in [1.165, 1.54) is 22.9 Å². The topological polar surface area (TPSA) is 69.0 Å². The maximum Gasteiger partial charge on any atom is 0.230 e. The van der Waals surface area contributed by atoms with Gasteiger partial charge in [-0.05, 0) is 23.6 Å². The quantitative estimate of drug-likeness (QED) is 0.520. The fourth-order valence-corrected chi connectivity index (χ4v) is 3.74. The molecule has 152 valence electrons. The Kier molecular flexibility index (Phi) is 7.84. The second-order valence-corrected chi connectivity index (χ2v) is 7.64. The van der Waals surface area contributed by atoms with Crippen molar-refractivity contribution in [1.82, 2.24) is 20.1 Å². The van der Waals surface area contributed by atoms with Crippen LogP contribution in [0.3, 0.4) is 0 Å². The van der Waals surface area contributed by atoms with Crippen LogP contribution in [0.2, 0.25) is 0 Å². The van der Waals surface area contributed by atoms with Crippen molar-refractivity contribution in [2.75, 3.05) is 19.5 Å². The number of methoxy groups -OCH3 is 1. The van der Waals surface area contributed by atoms with E-state index in [9.17, 15) is 4.79 Å². The predicted octanol–water partition coefficient (Wildman–Crippen LogP) is 3.23. The zero-order valence-corrected chi connectivity index (χ0v) is 17.6. The number of carbonyl (C=O) groups excluding carboxylic acids is 1. The van der Waals surface area contributed by atoms with Crippen molar-refractivity contribution in [1.29, 1.82) is 0 Å². The SMILES string of the molecule is COCCn1c(Cc2ccccc2)nnc1SCC(=O)NCc1ccccc1C. The predicted molar refractivity (Wildman–Crippen MR) is 115 cm³/mol. The molecule has 1 amide bonds. The average molecular weight is 411 g/mol. The number of aromatic nitrogens is 3. The van der Waals surface area contributed by atoms with Crippen LogP contribution >= 0.6 is 11.8 Å². The molecule has 0 bridgehead atoms. The van der Waals surface area contributed by atoms with Crippen LogP contribution < -0.4 is 5.32 Å². The van der Waals surface area contributed by atoms with Gasteiger partial charge in [-0.1, -0.05) is 66.4 Å². The zero-order valence-electron chi connectivity index (χ0n) is 16.8. The fraction of sp³-hybridized carbons (Fsp3) is 0.318. The Morgan fingerprint density at radius 1 is 1.10 bits per heavy atom. The van der Waals surface area contributed by atoms with Crippen LogP contribution in [0.5, 0.6) is 0 Å². The maximum atomic E-state index is 12.3. The van der Waals surface area contributed by atoms with Gasteiger partial charge in [0, 0.05) is 26.6 Å². The van der Waals surface area contributed by atoms with Gasteiger partial charge >= 0.3 is 0 Å². The molecule has 7 heteroatoms. The number of nitrogens with one attached hydrogen (secondary N) is 1. The highest BCUT2D eigenvalue weighted by Crippen LogP contribution is 2.19. The fourth-order valence-electron chi connectivity index (χ4n) is 2.93. The van der Waals surface area contributed by atoms with Gasteiger partial charge < -0.3 is 14.6 Å². The first-order chi connectivity index (χ1) is 14.2. The number of amides is 1. The van der Waals surface area contributed by atoms with Crippen LogP contribution in [0.4, 0.5) is 0 Å². The van der Waals surface area contributed by atoms with Gasteiger partial charge in [0.05, 0.1) is 12.4 Å². The minimum Gasteiger partial charge on any atom is -0.383 e. The lowest BCUT2D eigenvalue weighted by Crippen LogP contribution is -2.25. The number of hydrogen-bond donors (Lipinski definition) is 1. The van der Waals surface area contributed by atoms with Crippen molar-refractivity contribution in [3.05, 3.63) is 77.1 Å². The van der Waals surface area contributed by atoms with Gasteiger partial charge in [-0.25, -0.2) is 0 Å². The summed E-state index contributed by atoms with van der Waals surface area (Å²) >= 11 is 1.40. The van der Waals surface area contributed by atoms with Gasteiger partial charge in [0.1, 0.15) is 5.82 Å². The smallest absolute Gasteiger partial charge is 0.230 e. The van der Waals surface area contributed by atoms with E-state index in [0.29, 0.717) is 31.9 Å². The molecule has 0 aliphatic rings. The van der Waals surface area contributed by atoms with Gasteiger partial charge in [0.2, 0.25) is 5.91 Å². The first kappa shape index (κ1) is 21.1. The Balaban J connectivity index is 1.60. The minimum atomic E-state index is -0.0239. The molecule has 1 heterocycles. The number of aryl methyl sites for hydroxylation is 1. The van der Waals surface area contributed by atoms with Gasteiger partial charge in [0.15, 0.2) is 5.16 Å². The molecule has 6 nitrogen and oxygen atoms in total. The maximum absolute atomic E-state index is 12.3. The van der Waals surface area contributed by atoms with Crippen molar-refractivity contribution >= 4 is 17.7 Å². The van der Waals surface area contributed by atoms with E-state index in [0.717, 1.165) is 16.5 Å². The third kappa shape index (κ3) is 6.17. The van der Waals surface area contributed by atoms with Crippen LogP contribution in [0.15, 0.2) is 59.8 Å². The molecule has 0 aliphatic carbocycles. The van der Waals surface area contributed by atoms with Crippen molar-refractivity contribution in [3.63, 3.8) is 0 Å². The molecule has 1 aromatic heterocycles. The van der Waals surface area contributed by atoms with Crippen molar-refractivity contribution < 1.29 is 9.53 Å². The van der Waals surface area contributed by atoms with E-state index in [1.807, 2.05) is 54.0 Å². The number of benzene rings is 2. The van der Waals surface area contributed by atoms with Crippen LogP contribution in [0.25, 0.3) is 0 Å². The molecule has 3 aromatic rings. The molecule has 29 heavy (non-hydrogen) atoms. The Hall–Kier alpha value is -2.64. The molecule has 0 aliphatic heterocycles. The lowest BCUT2D eigenvalue weighted by atomic mass is 10.1. The van der Waals surface area contributed by atoms with Crippen molar-refractivity contribution in [2.45, 2.75) is 31.6 Å². The summed E-state index contributed by atoms with van der Waals surface area (Å²) < 4.78 is 7.27. The van der Waals surface area contributed by atoms with E-state index in [-0.39, 0.29) is 5.91 Å². The van der Waals surface area contributed by atoms with Gasteiger partial charge in [0.25, 0.3) is 0 Å². The van der Waals surface area contributed by atoms with E-state index in [2.05, 4.69) is 27.6 Å². The monoisotopic (exact) mass is 410 g/mol. The summed E-state index contributed by atoms with van der Waals surface area (Å²) in [5.74, 6) is 1.14. The summed E-state index contributed by atoms with van der Waals surface area (Å²) in [6, 6.07) is 18.2. The summed E-state index contributed by atoms with van der Waals surface area (Å²) in [6.07, 6.45) is 0.692. The van der Waals surface area contributed by atoms with Crippen LogP contribution in [0.1, 0.15) is 22.5 Å². The summed E-state index contributed by atoms with van der Waals surface area (Å²) in [5.41, 5.74) is 3.47. The molecule has 0 radical (unpaired) electrons. The van der Waals surface area contributed by atoms with E-state index >= 15 is 0 Å². The van der Waals surface area contributed by atoms with Gasteiger partial charge in [-0.2, -0.15) is 0 Å². The highest BCUT2D eigenvalue weighted by molar-refractivity contribution is 7.99. The molecule has 0 unspecified atom stereocenters. The number of thioether (sulfide) groups is 1. The lowest BCUT2D eigenvalue weighted by Gasteiger charge is -2.10. The first-order valence-electron chi connectivity index (χ1n) is 9.56. The molecule has 3 rings (SSSR count). The zero-order chi connectivity index (χ0) is 20.5. The lowest BCUT2D eigenvalue weighted by molar-refractivity contribution is -0.118. The third-order valence-electron chi connectivity index (χ3n) is 4.59. The Morgan fingerprint density at radius 3 is 2.62 bits per heavy atom. The minimum absolute atomic E-state index is 0.0239. The summed E-state index contributed by atoms with van der Waals surface area (Å²) in [7, 11) is 1.67. The summed E-state index contributed by atoms with van der Waals surface area (Å²) in [6.45, 7) is 3.79. The number of ether oxygens (including phenoxy) is 1. The third-order valence-corrected chi connectivity index (χ3v) is 5.55. The Labute approximate surface area is 175 Å². The number of hydrogen-bond acceptors (Lipinski definition) is 5. The Bertz CT molecular complexity index is 928. The summed E-state index contributed by atoms with van der Waals surface area (Å²) in [4.78, 5) is 12.3. The van der Waals surface area contributed by atoms with Crippen molar-refractivity contribution in [2.24, 2.45) is 0 Å².